The zero-order valence-corrected chi connectivity index (χ0v) is 12.9. The van der Waals surface area contributed by atoms with E-state index < -0.39 is 30.6 Å². The molecule has 1 atom stereocenters. The number of carbonyl (C=O) groups excluding carboxylic acids is 1. The summed E-state index contributed by atoms with van der Waals surface area (Å²) in [5.74, 6) is -0.613. The Labute approximate surface area is 135 Å². The van der Waals surface area contributed by atoms with E-state index in [1.807, 2.05) is 0 Å². The highest BCUT2D eigenvalue weighted by Gasteiger charge is 2.29. The third-order valence-corrected chi connectivity index (χ3v) is 3.31. The molecule has 0 bridgehead atoms. The molecule has 0 radical (unpaired) electrons. The van der Waals surface area contributed by atoms with Crippen molar-refractivity contribution in [2.45, 2.75) is 32.2 Å². The SMILES string of the molecule is C[C@@H](OCC(F)(F)F)C(=O)NCCc1cc(F)cc2c1OCOC2. The van der Waals surface area contributed by atoms with Crippen molar-refractivity contribution in [3.8, 4) is 5.75 Å². The number of nitrogens with one attached hydrogen (secondary N) is 1. The van der Waals surface area contributed by atoms with Crippen molar-refractivity contribution in [1.82, 2.24) is 5.32 Å². The predicted molar refractivity (Wildman–Crippen MR) is 74.9 cm³/mol. The fraction of sp³-hybridized carbons (Fsp3) is 0.533. The van der Waals surface area contributed by atoms with Crippen LogP contribution in [-0.2, 0) is 27.3 Å². The molecule has 24 heavy (non-hydrogen) atoms. The molecule has 0 aliphatic carbocycles. The number of alkyl halides is 3. The predicted octanol–water partition coefficient (Wildman–Crippen LogP) is 2.32. The molecule has 1 aromatic rings. The third-order valence-electron chi connectivity index (χ3n) is 3.31. The van der Waals surface area contributed by atoms with Crippen LogP contribution in [0.2, 0.25) is 0 Å². The van der Waals surface area contributed by atoms with Gasteiger partial charge in [-0.05, 0) is 31.0 Å². The van der Waals surface area contributed by atoms with E-state index in [4.69, 9.17) is 9.47 Å². The van der Waals surface area contributed by atoms with Crippen molar-refractivity contribution in [3.05, 3.63) is 29.1 Å². The summed E-state index contributed by atoms with van der Waals surface area (Å²) in [6.45, 7) is 0.131. The smallest absolute Gasteiger partial charge is 0.411 e. The maximum Gasteiger partial charge on any atom is 0.411 e. The van der Waals surface area contributed by atoms with Crippen molar-refractivity contribution in [1.29, 1.82) is 0 Å². The highest BCUT2D eigenvalue weighted by atomic mass is 19.4. The monoisotopic (exact) mass is 351 g/mol. The molecule has 0 saturated carbocycles. The zero-order chi connectivity index (χ0) is 17.7. The molecule has 0 unspecified atom stereocenters. The van der Waals surface area contributed by atoms with Crippen molar-refractivity contribution in [2.24, 2.45) is 0 Å². The second kappa shape index (κ2) is 7.80. The van der Waals surface area contributed by atoms with Gasteiger partial charge in [-0.3, -0.25) is 4.79 Å². The first-order valence-corrected chi connectivity index (χ1v) is 7.24. The lowest BCUT2D eigenvalue weighted by Gasteiger charge is -2.21. The van der Waals surface area contributed by atoms with Gasteiger partial charge in [0, 0.05) is 12.1 Å². The minimum absolute atomic E-state index is 0.0559. The number of amides is 1. The molecule has 0 aromatic heterocycles. The van der Waals surface area contributed by atoms with Gasteiger partial charge in [-0.2, -0.15) is 13.2 Å². The van der Waals surface area contributed by atoms with E-state index >= 15 is 0 Å². The molecule has 1 aromatic carbocycles. The molecule has 0 spiro atoms. The summed E-state index contributed by atoms with van der Waals surface area (Å²) in [6, 6.07) is 2.60. The average Bonchev–Trinajstić information content (AvgIpc) is 2.51. The van der Waals surface area contributed by atoms with Crippen molar-refractivity contribution in [2.75, 3.05) is 19.9 Å². The van der Waals surface area contributed by atoms with Crippen LogP contribution in [0.3, 0.4) is 0 Å². The first kappa shape index (κ1) is 18.5. The van der Waals surface area contributed by atoms with Gasteiger partial charge in [-0.15, -0.1) is 0 Å². The Morgan fingerprint density at radius 3 is 2.88 bits per heavy atom. The Morgan fingerprint density at radius 2 is 2.17 bits per heavy atom. The molecule has 2 rings (SSSR count). The molecule has 1 heterocycles. The third kappa shape index (κ3) is 5.34. The van der Waals surface area contributed by atoms with Crippen molar-refractivity contribution >= 4 is 5.91 Å². The van der Waals surface area contributed by atoms with Gasteiger partial charge in [0.1, 0.15) is 24.3 Å². The van der Waals surface area contributed by atoms with Gasteiger partial charge in [0.2, 0.25) is 5.91 Å². The van der Waals surface area contributed by atoms with Gasteiger partial charge in [0.05, 0.1) is 6.61 Å². The van der Waals surface area contributed by atoms with E-state index in [9.17, 15) is 22.4 Å². The first-order valence-electron chi connectivity index (χ1n) is 7.24. The van der Waals surface area contributed by atoms with Crippen molar-refractivity contribution in [3.63, 3.8) is 0 Å². The lowest BCUT2D eigenvalue weighted by Crippen LogP contribution is -2.37. The summed E-state index contributed by atoms with van der Waals surface area (Å²) >= 11 is 0. The van der Waals surface area contributed by atoms with Crippen LogP contribution in [-0.4, -0.2) is 38.1 Å². The minimum atomic E-state index is -4.49. The fourth-order valence-corrected chi connectivity index (χ4v) is 2.20. The Balaban J connectivity index is 1.86. The van der Waals surface area contributed by atoms with Crippen LogP contribution in [0.5, 0.6) is 5.75 Å². The summed E-state index contributed by atoms with van der Waals surface area (Å²) in [5, 5.41) is 2.45. The highest BCUT2D eigenvalue weighted by Crippen LogP contribution is 2.29. The average molecular weight is 351 g/mol. The molecule has 1 aliphatic rings. The lowest BCUT2D eigenvalue weighted by atomic mass is 10.1. The fourth-order valence-electron chi connectivity index (χ4n) is 2.20. The Morgan fingerprint density at radius 1 is 1.42 bits per heavy atom. The van der Waals surface area contributed by atoms with Gasteiger partial charge in [-0.1, -0.05) is 0 Å². The number of fused-ring (bicyclic) bond motifs is 1. The van der Waals surface area contributed by atoms with Crippen LogP contribution in [0.15, 0.2) is 12.1 Å². The summed E-state index contributed by atoms with van der Waals surface area (Å²) in [4.78, 5) is 11.7. The lowest BCUT2D eigenvalue weighted by molar-refractivity contribution is -0.185. The minimum Gasteiger partial charge on any atom is -0.467 e. The zero-order valence-electron chi connectivity index (χ0n) is 12.9. The summed E-state index contributed by atoms with van der Waals surface area (Å²) in [5.41, 5.74) is 1.13. The number of hydrogen-bond acceptors (Lipinski definition) is 4. The maximum absolute atomic E-state index is 13.6. The second-order valence-electron chi connectivity index (χ2n) is 5.27. The summed E-state index contributed by atoms with van der Waals surface area (Å²) < 4.78 is 64.5. The second-order valence-corrected chi connectivity index (χ2v) is 5.27. The molecular formula is C15H17F4NO4. The van der Waals surface area contributed by atoms with E-state index in [0.29, 0.717) is 16.9 Å². The topological polar surface area (TPSA) is 56.8 Å². The van der Waals surface area contributed by atoms with Crippen LogP contribution < -0.4 is 10.1 Å². The Hall–Kier alpha value is -1.87. The molecule has 1 N–H and O–H groups in total. The van der Waals surface area contributed by atoms with E-state index in [1.54, 1.807) is 0 Å². The molecule has 1 amide bonds. The van der Waals surface area contributed by atoms with Crippen LogP contribution in [0.4, 0.5) is 17.6 Å². The van der Waals surface area contributed by atoms with Crippen LogP contribution in [0.25, 0.3) is 0 Å². The van der Waals surface area contributed by atoms with Gasteiger partial charge in [0.15, 0.2) is 6.79 Å². The maximum atomic E-state index is 13.6. The normalized spacial score (nSPS) is 15.4. The van der Waals surface area contributed by atoms with Crippen LogP contribution in [0, 0.1) is 5.82 Å². The van der Waals surface area contributed by atoms with E-state index in [1.165, 1.54) is 19.1 Å². The number of carbonyl (C=O) groups is 1. The summed E-state index contributed by atoms with van der Waals surface area (Å²) in [6.07, 6.45) is -5.47. The standard InChI is InChI=1S/C15H17F4NO4/c1-9(23-7-15(17,18)19)14(21)20-3-2-10-4-12(16)5-11-6-22-8-24-13(10)11/h4-5,9H,2-3,6-8H2,1H3,(H,20,21)/t9-/m1/s1. The van der Waals surface area contributed by atoms with Gasteiger partial charge in [0.25, 0.3) is 0 Å². The molecule has 134 valence electrons. The molecule has 0 fully saturated rings. The molecule has 5 nitrogen and oxygen atoms in total. The number of halogens is 4. The van der Waals surface area contributed by atoms with Crippen LogP contribution in [0.1, 0.15) is 18.1 Å². The van der Waals surface area contributed by atoms with Gasteiger partial charge < -0.3 is 19.5 Å². The molecule has 0 saturated heterocycles. The number of ether oxygens (including phenoxy) is 3. The molecule has 1 aliphatic heterocycles. The quantitative estimate of drug-likeness (QED) is 0.800. The van der Waals surface area contributed by atoms with E-state index in [2.05, 4.69) is 10.1 Å². The van der Waals surface area contributed by atoms with Gasteiger partial charge >= 0.3 is 6.18 Å². The Kier molecular flexibility index (Phi) is 6.00. The number of benzene rings is 1. The Bertz CT molecular complexity index is 592. The van der Waals surface area contributed by atoms with Crippen molar-refractivity contribution < 1.29 is 36.6 Å². The van der Waals surface area contributed by atoms with E-state index in [-0.39, 0.29) is 26.4 Å². The molecular weight excluding hydrogens is 334 g/mol. The summed E-state index contributed by atoms with van der Waals surface area (Å²) in [7, 11) is 0. The largest absolute Gasteiger partial charge is 0.467 e. The van der Waals surface area contributed by atoms with Gasteiger partial charge in [-0.25, -0.2) is 4.39 Å². The first-order chi connectivity index (χ1) is 11.3. The highest BCUT2D eigenvalue weighted by molar-refractivity contribution is 5.80. The van der Waals surface area contributed by atoms with E-state index in [0.717, 1.165) is 0 Å². The number of hydrogen-bond donors (Lipinski definition) is 1. The number of rotatable bonds is 6. The molecule has 9 heteroatoms. The van der Waals surface area contributed by atoms with Crippen LogP contribution >= 0.6 is 0 Å².